The zero-order chi connectivity index (χ0) is 7.84. The van der Waals surface area contributed by atoms with Crippen LogP contribution >= 0.6 is 11.3 Å². The van der Waals surface area contributed by atoms with E-state index in [4.69, 9.17) is 5.73 Å². The number of rotatable bonds is 0. The molecule has 0 spiro atoms. The normalized spacial score (nSPS) is 15.1. The Bertz CT molecular complexity index is 274. The molecular weight excluding hydrogens is 160 g/mol. The summed E-state index contributed by atoms with van der Waals surface area (Å²) in [7, 11) is 0. The minimum absolute atomic E-state index is 0.326. The second-order valence-corrected chi connectivity index (χ2v) is 3.56. The Morgan fingerprint density at radius 1 is 1.64 bits per heavy atom. The molecule has 11 heavy (non-hydrogen) atoms. The van der Waals surface area contributed by atoms with Crippen molar-refractivity contribution < 1.29 is 4.79 Å². The quantitative estimate of drug-likeness (QED) is 0.620. The predicted molar refractivity (Wildman–Crippen MR) is 43.1 cm³/mol. The zero-order valence-electron chi connectivity index (χ0n) is 5.91. The maximum absolute atomic E-state index is 10.7. The summed E-state index contributed by atoms with van der Waals surface area (Å²) in [4.78, 5) is 13.6. The summed E-state index contributed by atoms with van der Waals surface area (Å²) in [6.45, 7) is 1.39. The highest BCUT2D eigenvalue weighted by atomic mass is 32.1. The fourth-order valence-corrected chi connectivity index (χ4v) is 2.15. The van der Waals surface area contributed by atoms with Gasteiger partial charge in [-0.3, -0.25) is 0 Å². The number of nitrogens with zero attached hydrogens (tertiary/aromatic N) is 1. The van der Waals surface area contributed by atoms with Gasteiger partial charge in [0.15, 0.2) is 0 Å². The molecule has 2 rings (SSSR count). The Kier molecular flexibility index (Phi) is 1.35. The van der Waals surface area contributed by atoms with Crippen LogP contribution in [0.1, 0.15) is 10.4 Å². The average molecular weight is 168 g/mol. The summed E-state index contributed by atoms with van der Waals surface area (Å²) in [5.74, 6) is 0. The predicted octanol–water partition coefficient (Wildman–Crippen LogP) is 1.14. The average Bonchev–Trinajstić information content (AvgIpc) is 2.40. The molecule has 1 aliphatic heterocycles. The molecule has 4 heteroatoms. The van der Waals surface area contributed by atoms with Gasteiger partial charge in [-0.15, -0.1) is 11.3 Å². The molecule has 0 unspecified atom stereocenters. The van der Waals surface area contributed by atoms with Crippen LogP contribution in [-0.4, -0.2) is 10.9 Å². The first-order chi connectivity index (χ1) is 5.27. The van der Waals surface area contributed by atoms with E-state index in [2.05, 4.69) is 0 Å². The third kappa shape index (κ3) is 0.991. The largest absolute Gasteiger partial charge is 0.351 e. The van der Waals surface area contributed by atoms with E-state index in [0.29, 0.717) is 13.1 Å². The Morgan fingerprint density at radius 2 is 2.45 bits per heavy atom. The van der Waals surface area contributed by atoms with E-state index in [1.165, 1.54) is 10.4 Å². The van der Waals surface area contributed by atoms with Gasteiger partial charge in [0.05, 0.1) is 6.54 Å². The van der Waals surface area contributed by atoms with Gasteiger partial charge < -0.3 is 10.6 Å². The van der Waals surface area contributed by atoms with E-state index in [1.54, 1.807) is 16.2 Å². The van der Waals surface area contributed by atoms with Crippen molar-refractivity contribution in [3.63, 3.8) is 0 Å². The topological polar surface area (TPSA) is 46.3 Å². The molecule has 58 valence electrons. The maximum atomic E-state index is 10.7. The number of carbonyl (C=O) groups excluding carboxylic acids is 1. The SMILES string of the molecule is NC(=O)N1Cc2ccsc2C1. The molecule has 2 heterocycles. The standard InChI is InChI=1S/C7H8N2OS/c8-7(10)9-3-5-1-2-11-6(5)4-9/h1-2H,3-4H2,(H2,8,10). The van der Waals surface area contributed by atoms with Crippen molar-refractivity contribution in [2.45, 2.75) is 13.1 Å². The van der Waals surface area contributed by atoms with Gasteiger partial charge >= 0.3 is 6.03 Å². The van der Waals surface area contributed by atoms with E-state index in [1.807, 2.05) is 11.4 Å². The van der Waals surface area contributed by atoms with Crippen LogP contribution in [0, 0.1) is 0 Å². The van der Waals surface area contributed by atoms with Crippen LogP contribution in [0.2, 0.25) is 0 Å². The number of hydrogen-bond donors (Lipinski definition) is 1. The molecule has 2 amide bonds. The number of hydrogen-bond acceptors (Lipinski definition) is 2. The molecule has 1 aromatic heterocycles. The molecule has 1 aromatic rings. The molecule has 1 aliphatic rings. The number of primary amides is 1. The fourth-order valence-electron chi connectivity index (χ4n) is 1.24. The molecule has 0 aromatic carbocycles. The second kappa shape index (κ2) is 2.23. The minimum Gasteiger partial charge on any atom is -0.351 e. The van der Waals surface area contributed by atoms with Crippen LogP contribution in [-0.2, 0) is 13.1 Å². The molecule has 0 radical (unpaired) electrons. The number of fused-ring (bicyclic) bond motifs is 1. The summed E-state index contributed by atoms with van der Waals surface area (Å²) in [5, 5.41) is 2.04. The highest BCUT2D eigenvalue weighted by Gasteiger charge is 2.21. The van der Waals surface area contributed by atoms with Crippen molar-refractivity contribution in [2.24, 2.45) is 5.73 Å². The smallest absolute Gasteiger partial charge is 0.315 e. The molecule has 0 saturated carbocycles. The Balaban J connectivity index is 2.22. The number of carbonyl (C=O) groups is 1. The molecule has 0 bridgehead atoms. The van der Waals surface area contributed by atoms with E-state index < -0.39 is 0 Å². The molecule has 0 atom stereocenters. The van der Waals surface area contributed by atoms with Crippen LogP contribution in [0.5, 0.6) is 0 Å². The summed E-state index contributed by atoms with van der Waals surface area (Å²) in [6.07, 6.45) is 0. The van der Waals surface area contributed by atoms with Crippen molar-refractivity contribution in [2.75, 3.05) is 0 Å². The number of amides is 2. The van der Waals surface area contributed by atoms with Crippen LogP contribution in [0.15, 0.2) is 11.4 Å². The lowest BCUT2D eigenvalue weighted by atomic mass is 10.3. The Labute approximate surface area is 68.4 Å². The van der Waals surface area contributed by atoms with Gasteiger partial charge in [-0.25, -0.2) is 4.79 Å². The van der Waals surface area contributed by atoms with E-state index >= 15 is 0 Å². The third-order valence-electron chi connectivity index (χ3n) is 1.85. The highest BCUT2D eigenvalue weighted by molar-refractivity contribution is 7.10. The molecular formula is C7H8N2OS. The highest BCUT2D eigenvalue weighted by Crippen LogP contribution is 2.26. The molecule has 3 nitrogen and oxygen atoms in total. The summed E-state index contributed by atoms with van der Waals surface area (Å²) in [6, 6.07) is 1.72. The van der Waals surface area contributed by atoms with Crippen LogP contribution in [0.4, 0.5) is 4.79 Å². The van der Waals surface area contributed by atoms with E-state index in [-0.39, 0.29) is 6.03 Å². The third-order valence-corrected chi connectivity index (χ3v) is 2.79. The van der Waals surface area contributed by atoms with Crippen LogP contribution in [0.25, 0.3) is 0 Å². The Hall–Kier alpha value is -1.03. The van der Waals surface area contributed by atoms with Gasteiger partial charge in [0, 0.05) is 11.4 Å². The first kappa shape index (κ1) is 6.67. The van der Waals surface area contributed by atoms with Crippen molar-refractivity contribution >= 4 is 17.4 Å². The zero-order valence-corrected chi connectivity index (χ0v) is 6.73. The maximum Gasteiger partial charge on any atom is 0.315 e. The molecule has 0 fully saturated rings. The number of thiophene rings is 1. The van der Waals surface area contributed by atoms with Crippen molar-refractivity contribution in [1.82, 2.24) is 4.90 Å². The van der Waals surface area contributed by atoms with Gasteiger partial charge in [0.25, 0.3) is 0 Å². The lowest BCUT2D eigenvalue weighted by molar-refractivity contribution is 0.208. The van der Waals surface area contributed by atoms with Gasteiger partial charge in [-0.2, -0.15) is 0 Å². The summed E-state index contributed by atoms with van der Waals surface area (Å²) >= 11 is 1.68. The molecule has 2 N–H and O–H groups in total. The lowest BCUT2D eigenvalue weighted by Crippen LogP contribution is -2.30. The number of nitrogens with two attached hydrogens (primary N) is 1. The van der Waals surface area contributed by atoms with Crippen molar-refractivity contribution in [3.05, 3.63) is 21.9 Å². The van der Waals surface area contributed by atoms with E-state index in [0.717, 1.165) is 0 Å². The Morgan fingerprint density at radius 3 is 3.09 bits per heavy atom. The lowest BCUT2D eigenvalue weighted by Gasteiger charge is -2.10. The van der Waals surface area contributed by atoms with Gasteiger partial charge in [0.1, 0.15) is 0 Å². The summed E-state index contributed by atoms with van der Waals surface area (Å²) < 4.78 is 0. The summed E-state index contributed by atoms with van der Waals surface area (Å²) in [5.41, 5.74) is 6.37. The first-order valence-corrected chi connectivity index (χ1v) is 4.25. The minimum atomic E-state index is -0.326. The van der Waals surface area contributed by atoms with Crippen molar-refractivity contribution in [1.29, 1.82) is 0 Å². The van der Waals surface area contributed by atoms with Crippen LogP contribution < -0.4 is 5.73 Å². The van der Waals surface area contributed by atoms with Gasteiger partial charge in [-0.05, 0) is 17.0 Å². The monoisotopic (exact) mass is 168 g/mol. The van der Waals surface area contributed by atoms with Crippen LogP contribution in [0.3, 0.4) is 0 Å². The second-order valence-electron chi connectivity index (χ2n) is 2.56. The first-order valence-electron chi connectivity index (χ1n) is 3.37. The molecule has 0 aliphatic carbocycles. The van der Waals surface area contributed by atoms with Gasteiger partial charge in [0.2, 0.25) is 0 Å². The molecule has 0 saturated heterocycles. The van der Waals surface area contributed by atoms with Crippen molar-refractivity contribution in [3.8, 4) is 0 Å². The van der Waals surface area contributed by atoms with E-state index in [9.17, 15) is 4.79 Å². The number of urea groups is 1. The van der Waals surface area contributed by atoms with Gasteiger partial charge in [-0.1, -0.05) is 0 Å². The fraction of sp³-hybridized carbons (Fsp3) is 0.286.